The standard InChI is InChI=1S/C13H22N4OS.ClH/c1-12(2,3)11-17-16-9(19-11)8-15-10(18)13(14)6-4-5-7-13;/h4-8,14H2,1-3H3,(H,15,18);1H. The molecule has 5 nitrogen and oxygen atoms in total. The van der Waals surface area contributed by atoms with Crippen LogP contribution in [0.5, 0.6) is 0 Å². The van der Waals surface area contributed by atoms with Crippen molar-refractivity contribution in [3.63, 3.8) is 0 Å². The lowest BCUT2D eigenvalue weighted by atomic mass is 9.98. The average Bonchev–Trinajstić information content (AvgIpc) is 2.94. The molecule has 3 N–H and O–H groups in total. The van der Waals surface area contributed by atoms with E-state index in [4.69, 9.17) is 5.73 Å². The lowest BCUT2D eigenvalue weighted by molar-refractivity contribution is -0.126. The van der Waals surface area contributed by atoms with Crippen molar-refractivity contribution in [2.24, 2.45) is 5.73 Å². The van der Waals surface area contributed by atoms with E-state index >= 15 is 0 Å². The van der Waals surface area contributed by atoms with Crippen molar-refractivity contribution in [1.29, 1.82) is 0 Å². The Balaban J connectivity index is 0.00000200. The molecule has 0 saturated heterocycles. The van der Waals surface area contributed by atoms with Gasteiger partial charge in [0.25, 0.3) is 0 Å². The number of aromatic nitrogens is 2. The van der Waals surface area contributed by atoms with Gasteiger partial charge in [-0.2, -0.15) is 0 Å². The zero-order valence-electron chi connectivity index (χ0n) is 12.2. The van der Waals surface area contributed by atoms with Crippen molar-refractivity contribution < 1.29 is 4.79 Å². The van der Waals surface area contributed by atoms with Crippen LogP contribution in [-0.4, -0.2) is 21.6 Å². The molecule has 7 heteroatoms. The number of amides is 1. The van der Waals surface area contributed by atoms with Gasteiger partial charge in [0.2, 0.25) is 5.91 Å². The van der Waals surface area contributed by atoms with E-state index in [0.717, 1.165) is 35.7 Å². The maximum Gasteiger partial charge on any atom is 0.240 e. The van der Waals surface area contributed by atoms with E-state index in [9.17, 15) is 4.79 Å². The van der Waals surface area contributed by atoms with Crippen molar-refractivity contribution in [1.82, 2.24) is 15.5 Å². The van der Waals surface area contributed by atoms with Gasteiger partial charge in [-0.15, -0.1) is 22.6 Å². The molecule has 0 unspecified atom stereocenters. The van der Waals surface area contributed by atoms with Crippen LogP contribution in [0.3, 0.4) is 0 Å². The van der Waals surface area contributed by atoms with E-state index < -0.39 is 5.54 Å². The van der Waals surface area contributed by atoms with Gasteiger partial charge < -0.3 is 11.1 Å². The van der Waals surface area contributed by atoms with Gasteiger partial charge in [-0.1, -0.05) is 44.9 Å². The number of nitrogens with two attached hydrogens (primary N) is 1. The van der Waals surface area contributed by atoms with Crippen LogP contribution in [0.15, 0.2) is 0 Å². The number of hydrogen-bond donors (Lipinski definition) is 2. The number of carbonyl (C=O) groups excluding carboxylic acids is 1. The molecule has 0 aliphatic heterocycles. The van der Waals surface area contributed by atoms with E-state index in [1.54, 1.807) is 11.3 Å². The molecule has 20 heavy (non-hydrogen) atoms. The first-order chi connectivity index (χ1) is 8.81. The van der Waals surface area contributed by atoms with E-state index in [2.05, 4.69) is 36.3 Å². The van der Waals surface area contributed by atoms with E-state index in [-0.39, 0.29) is 23.7 Å². The Morgan fingerprint density at radius 2 is 1.95 bits per heavy atom. The number of carbonyl (C=O) groups is 1. The van der Waals surface area contributed by atoms with Crippen LogP contribution in [0.1, 0.15) is 56.5 Å². The molecule has 0 spiro atoms. The molecule has 2 rings (SSSR count). The second-order valence-electron chi connectivity index (χ2n) is 6.30. The van der Waals surface area contributed by atoms with Gasteiger partial charge in [0.1, 0.15) is 10.0 Å². The smallest absolute Gasteiger partial charge is 0.240 e. The van der Waals surface area contributed by atoms with Crippen LogP contribution >= 0.6 is 23.7 Å². The third kappa shape index (κ3) is 3.90. The van der Waals surface area contributed by atoms with Crippen molar-refractivity contribution in [3.8, 4) is 0 Å². The summed E-state index contributed by atoms with van der Waals surface area (Å²) in [6.07, 6.45) is 3.64. The molecular weight excluding hydrogens is 296 g/mol. The average molecular weight is 319 g/mol. The first kappa shape index (κ1) is 17.3. The molecule has 0 aromatic carbocycles. The lowest BCUT2D eigenvalue weighted by Gasteiger charge is -2.21. The molecule has 1 aromatic rings. The molecule has 114 valence electrons. The Labute approximate surface area is 130 Å². The van der Waals surface area contributed by atoms with Crippen molar-refractivity contribution >= 4 is 29.7 Å². The second kappa shape index (κ2) is 6.37. The second-order valence-corrected chi connectivity index (χ2v) is 7.36. The summed E-state index contributed by atoms with van der Waals surface area (Å²) >= 11 is 1.55. The Morgan fingerprint density at radius 1 is 1.35 bits per heavy atom. The molecule has 1 amide bonds. The van der Waals surface area contributed by atoms with Gasteiger partial charge >= 0.3 is 0 Å². The van der Waals surface area contributed by atoms with Gasteiger partial charge in [-0.25, -0.2) is 0 Å². The fourth-order valence-corrected chi connectivity index (χ4v) is 3.03. The highest BCUT2D eigenvalue weighted by molar-refractivity contribution is 7.11. The molecule has 1 aromatic heterocycles. The normalized spacial score (nSPS) is 17.6. The quantitative estimate of drug-likeness (QED) is 0.894. The molecule has 0 atom stereocenters. The van der Waals surface area contributed by atoms with Crippen LogP contribution < -0.4 is 11.1 Å². The molecule has 0 radical (unpaired) electrons. The third-order valence-corrected chi connectivity index (χ3v) is 4.81. The minimum absolute atomic E-state index is 0. The predicted molar refractivity (Wildman–Crippen MR) is 83.1 cm³/mol. The summed E-state index contributed by atoms with van der Waals surface area (Å²) in [6, 6.07) is 0. The number of nitrogens with one attached hydrogen (secondary N) is 1. The van der Waals surface area contributed by atoms with Gasteiger partial charge in [-0.3, -0.25) is 4.79 Å². The highest BCUT2D eigenvalue weighted by Gasteiger charge is 2.36. The van der Waals surface area contributed by atoms with E-state index in [1.807, 2.05) is 0 Å². The van der Waals surface area contributed by atoms with Crippen molar-refractivity contribution in [2.45, 2.75) is 64.0 Å². The summed E-state index contributed by atoms with van der Waals surface area (Å²) in [6.45, 7) is 6.72. The third-order valence-electron chi connectivity index (χ3n) is 3.46. The minimum atomic E-state index is -0.669. The van der Waals surface area contributed by atoms with Gasteiger partial charge in [-0.05, 0) is 12.8 Å². The fraction of sp³-hybridized carbons (Fsp3) is 0.769. The minimum Gasteiger partial charge on any atom is -0.348 e. The summed E-state index contributed by atoms with van der Waals surface area (Å²) in [5, 5.41) is 13.0. The SMILES string of the molecule is CC(C)(C)c1nnc(CNC(=O)C2(N)CCCC2)s1.Cl. The fourth-order valence-electron chi connectivity index (χ4n) is 2.19. The van der Waals surface area contributed by atoms with Gasteiger partial charge in [0, 0.05) is 5.41 Å². The van der Waals surface area contributed by atoms with Crippen molar-refractivity contribution in [2.75, 3.05) is 0 Å². The predicted octanol–water partition coefficient (Wildman–Crippen LogP) is 2.15. The Bertz CT molecular complexity index is 463. The maximum atomic E-state index is 12.1. The monoisotopic (exact) mass is 318 g/mol. The summed E-state index contributed by atoms with van der Waals surface area (Å²) < 4.78 is 0. The Hall–Kier alpha value is -0.720. The summed E-state index contributed by atoms with van der Waals surface area (Å²) in [5.74, 6) is -0.0579. The van der Waals surface area contributed by atoms with E-state index in [1.165, 1.54) is 0 Å². The summed E-state index contributed by atoms with van der Waals surface area (Å²) in [7, 11) is 0. The number of nitrogens with zero attached hydrogens (tertiary/aromatic N) is 2. The molecule has 1 aliphatic rings. The zero-order chi connectivity index (χ0) is 14.1. The molecule has 1 fully saturated rings. The topological polar surface area (TPSA) is 80.9 Å². The number of rotatable bonds is 3. The van der Waals surface area contributed by atoms with Crippen LogP contribution in [0.4, 0.5) is 0 Å². The maximum absolute atomic E-state index is 12.1. The number of halogens is 1. The lowest BCUT2D eigenvalue weighted by Crippen LogP contribution is -2.51. The first-order valence-electron chi connectivity index (χ1n) is 6.71. The Morgan fingerprint density at radius 3 is 2.45 bits per heavy atom. The van der Waals surface area contributed by atoms with Gasteiger partial charge in [0.05, 0.1) is 12.1 Å². The Kier molecular flexibility index (Phi) is 5.52. The largest absolute Gasteiger partial charge is 0.348 e. The molecule has 0 bridgehead atoms. The molecule has 1 aliphatic carbocycles. The highest BCUT2D eigenvalue weighted by Crippen LogP contribution is 2.28. The molecule has 1 heterocycles. The summed E-state index contributed by atoms with van der Waals surface area (Å²) in [5.41, 5.74) is 5.43. The van der Waals surface area contributed by atoms with Crippen LogP contribution in [0.2, 0.25) is 0 Å². The molecular formula is C13H23ClN4OS. The zero-order valence-corrected chi connectivity index (χ0v) is 13.9. The van der Waals surface area contributed by atoms with Crippen LogP contribution in [0, 0.1) is 0 Å². The highest BCUT2D eigenvalue weighted by atomic mass is 35.5. The van der Waals surface area contributed by atoms with Crippen molar-refractivity contribution in [3.05, 3.63) is 10.0 Å². The van der Waals surface area contributed by atoms with E-state index in [0.29, 0.717) is 6.54 Å². The van der Waals surface area contributed by atoms with Gasteiger partial charge in [0.15, 0.2) is 0 Å². The first-order valence-corrected chi connectivity index (χ1v) is 7.53. The van der Waals surface area contributed by atoms with Crippen LogP contribution in [0.25, 0.3) is 0 Å². The number of hydrogen-bond acceptors (Lipinski definition) is 5. The summed E-state index contributed by atoms with van der Waals surface area (Å²) in [4.78, 5) is 12.1. The molecule has 1 saturated carbocycles. The van der Waals surface area contributed by atoms with Crippen LogP contribution in [-0.2, 0) is 16.8 Å².